The van der Waals surface area contributed by atoms with Gasteiger partial charge in [-0.2, -0.15) is 0 Å². The maximum atomic E-state index is 12.0. The molecule has 0 atom stereocenters. The Bertz CT molecular complexity index is 685. The van der Waals surface area contributed by atoms with E-state index >= 15 is 0 Å². The summed E-state index contributed by atoms with van der Waals surface area (Å²) in [6.45, 7) is 7.43. The van der Waals surface area contributed by atoms with Crippen LogP contribution < -0.4 is 5.84 Å². The van der Waals surface area contributed by atoms with Gasteiger partial charge in [0.2, 0.25) is 16.2 Å². The Labute approximate surface area is 151 Å². The van der Waals surface area contributed by atoms with Gasteiger partial charge in [-0.25, -0.2) is 4.68 Å². The van der Waals surface area contributed by atoms with Crippen molar-refractivity contribution < 1.29 is 4.79 Å². The van der Waals surface area contributed by atoms with Crippen LogP contribution in [0.15, 0.2) is 34.6 Å². The van der Waals surface area contributed by atoms with Crippen LogP contribution in [0, 0.1) is 6.92 Å². The highest BCUT2D eigenvalue weighted by Gasteiger charge is 2.15. The molecular weight excluding hydrogens is 342 g/mol. The second-order valence-electron chi connectivity index (χ2n) is 5.27. The molecule has 0 bridgehead atoms. The van der Waals surface area contributed by atoms with Crippen LogP contribution in [0.2, 0.25) is 0 Å². The fourth-order valence-electron chi connectivity index (χ4n) is 2.20. The standard InChI is InChI=1S/C16H23N5OS2/c1-4-20(5-2)14(22)11-24-16-19-18-15(21(16)17)23-10-13-8-6-7-12(3)9-13/h6-9H,4-5,10-11,17H2,1-3H3. The summed E-state index contributed by atoms with van der Waals surface area (Å²) < 4.78 is 1.46. The average molecular weight is 366 g/mol. The van der Waals surface area contributed by atoms with Gasteiger partial charge in [0.25, 0.3) is 0 Å². The van der Waals surface area contributed by atoms with Crippen LogP contribution in [0.4, 0.5) is 0 Å². The minimum absolute atomic E-state index is 0.0852. The minimum atomic E-state index is 0.0852. The van der Waals surface area contributed by atoms with Crippen molar-refractivity contribution in [1.29, 1.82) is 0 Å². The molecule has 0 unspecified atom stereocenters. The molecular formula is C16H23N5OS2. The lowest BCUT2D eigenvalue weighted by Crippen LogP contribution is -2.32. The number of rotatable bonds is 8. The normalized spacial score (nSPS) is 10.8. The van der Waals surface area contributed by atoms with Gasteiger partial charge in [-0.3, -0.25) is 4.79 Å². The molecule has 8 heteroatoms. The lowest BCUT2D eigenvalue weighted by Gasteiger charge is -2.17. The molecule has 0 radical (unpaired) electrons. The molecule has 0 saturated heterocycles. The highest BCUT2D eigenvalue weighted by atomic mass is 32.2. The van der Waals surface area contributed by atoms with Gasteiger partial charge < -0.3 is 10.7 Å². The fraction of sp³-hybridized carbons (Fsp3) is 0.438. The summed E-state index contributed by atoms with van der Waals surface area (Å²) in [5.41, 5.74) is 2.45. The molecule has 2 rings (SSSR count). The molecule has 0 aliphatic carbocycles. The van der Waals surface area contributed by atoms with E-state index < -0.39 is 0 Å². The Hall–Kier alpha value is -1.67. The van der Waals surface area contributed by atoms with E-state index in [9.17, 15) is 4.79 Å². The first-order chi connectivity index (χ1) is 11.5. The predicted octanol–water partition coefficient (Wildman–Crippen LogP) is 2.55. The summed E-state index contributed by atoms with van der Waals surface area (Å²) in [5.74, 6) is 7.23. The Kier molecular flexibility index (Phi) is 6.99. The molecule has 0 spiro atoms. The third-order valence-corrected chi connectivity index (χ3v) is 5.47. The summed E-state index contributed by atoms with van der Waals surface area (Å²) in [4.78, 5) is 13.8. The second kappa shape index (κ2) is 8.98. The first kappa shape index (κ1) is 18.7. The van der Waals surface area contributed by atoms with Crippen molar-refractivity contribution in [3.63, 3.8) is 0 Å². The van der Waals surface area contributed by atoms with Crippen molar-refractivity contribution in [2.24, 2.45) is 0 Å². The lowest BCUT2D eigenvalue weighted by atomic mass is 10.2. The lowest BCUT2D eigenvalue weighted by molar-refractivity contribution is -0.127. The number of nitrogens with two attached hydrogens (primary N) is 1. The van der Waals surface area contributed by atoms with Crippen LogP contribution in [0.3, 0.4) is 0 Å². The number of carbonyl (C=O) groups is 1. The van der Waals surface area contributed by atoms with Crippen molar-refractivity contribution in [2.45, 2.75) is 36.8 Å². The van der Waals surface area contributed by atoms with E-state index in [2.05, 4.69) is 35.3 Å². The molecule has 1 heterocycles. The third kappa shape index (κ3) is 4.91. The zero-order valence-electron chi connectivity index (χ0n) is 14.2. The van der Waals surface area contributed by atoms with Gasteiger partial charge in [-0.05, 0) is 26.3 Å². The Morgan fingerprint density at radius 1 is 1.21 bits per heavy atom. The maximum absolute atomic E-state index is 12.0. The van der Waals surface area contributed by atoms with Gasteiger partial charge in [0, 0.05) is 18.8 Å². The SMILES string of the molecule is CCN(CC)C(=O)CSc1nnc(SCc2cccc(C)c2)n1N. The first-order valence-electron chi connectivity index (χ1n) is 7.84. The van der Waals surface area contributed by atoms with Crippen LogP contribution >= 0.6 is 23.5 Å². The molecule has 2 N–H and O–H groups in total. The predicted molar refractivity (Wildman–Crippen MR) is 99.6 cm³/mol. The molecule has 0 aliphatic heterocycles. The molecule has 6 nitrogen and oxygen atoms in total. The molecule has 0 fully saturated rings. The van der Waals surface area contributed by atoms with Crippen LogP contribution in [0.25, 0.3) is 0 Å². The van der Waals surface area contributed by atoms with Crippen molar-refractivity contribution in [3.05, 3.63) is 35.4 Å². The number of amides is 1. The van der Waals surface area contributed by atoms with Crippen molar-refractivity contribution >= 4 is 29.4 Å². The summed E-state index contributed by atoms with van der Waals surface area (Å²) >= 11 is 2.85. The van der Waals surface area contributed by atoms with Crippen molar-refractivity contribution in [2.75, 3.05) is 24.7 Å². The monoisotopic (exact) mass is 365 g/mol. The number of benzene rings is 1. The first-order valence-corrected chi connectivity index (χ1v) is 9.81. The number of hydrogen-bond acceptors (Lipinski definition) is 6. The van der Waals surface area contributed by atoms with E-state index in [0.29, 0.717) is 29.2 Å². The number of aryl methyl sites for hydroxylation is 1. The van der Waals surface area contributed by atoms with E-state index in [0.717, 1.165) is 5.75 Å². The van der Waals surface area contributed by atoms with Crippen LogP contribution in [0.1, 0.15) is 25.0 Å². The highest BCUT2D eigenvalue weighted by Crippen LogP contribution is 2.24. The van der Waals surface area contributed by atoms with Gasteiger partial charge in [0.15, 0.2) is 0 Å². The molecule has 130 valence electrons. The number of nitrogen functional groups attached to an aromatic ring is 1. The largest absolute Gasteiger partial charge is 0.343 e. The summed E-state index contributed by atoms with van der Waals surface area (Å²) in [5, 5.41) is 9.41. The highest BCUT2D eigenvalue weighted by molar-refractivity contribution is 8.00. The number of nitrogens with zero attached hydrogens (tertiary/aromatic N) is 4. The number of hydrogen-bond donors (Lipinski definition) is 1. The van der Waals surface area contributed by atoms with Gasteiger partial charge in [-0.1, -0.05) is 53.4 Å². The van der Waals surface area contributed by atoms with Crippen LogP contribution in [-0.4, -0.2) is 44.5 Å². The van der Waals surface area contributed by atoms with E-state index in [1.54, 1.807) is 4.90 Å². The fourth-order valence-corrected chi connectivity index (χ4v) is 3.82. The van der Waals surface area contributed by atoms with Gasteiger partial charge in [0.05, 0.1) is 5.75 Å². The average Bonchev–Trinajstić information content (AvgIpc) is 2.92. The second-order valence-corrected chi connectivity index (χ2v) is 7.15. The van der Waals surface area contributed by atoms with E-state index in [4.69, 9.17) is 5.84 Å². The molecule has 1 aromatic heterocycles. The molecule has 1 amide bonds. The topological polar surface area (TPSA) is 77.0 Å². The smallest absolute Gasteiger partial charge is 0.233 e. The van der Waals surface area contributed by atoms with E-state index in [1.165, 1.54) is 39.3 Å². The molecule has 0 saturated carbocycles. The Balaban J connectivity index is 1.92. The van der Waals surface area contributed by atoms with Crippen LogP contribution in [-0.2, 0) is 10.5 Å². The zero-order valence-corrected chi connectivity index (χ0v) is 15.9. The molecule has 0 aliphatic rings. The van der Waals surface area contributed by atoms with Crippen molar-refractivity contribution in [3.8, 4) is 0 Å². The zero-order chi connectivity index (χ0) is 17.5. The molecule has 1 aromatic carbocycles. The third-order valence-electron chi connectivity index (χ3n) is 3.52. The van der Waals surface area contributed by atoms with Crippen molar-refractivity contribution in [1.82, 2.24) is 19.8 Å². The Morgan fingerprint density at radius 3 is 2.50 bits per heavy atom. The summed E-state index contributed by atoms with van der Waals surface area (Å²) in [6.07, 6.45) is 0. The van der Waals surface area contributed by atoms with Gasteiger partial charge in [0.1, 0.15) is 0 Å². The molecule has 2 aromatic rings. The maximum Gasteiger partial charge on any atom is 0.233 e. The van der Waals surface area contributed by atoms with E-state index in [-0.39, 0.29) is 5.91 Å². The van der Waals surface area contributed by atoms with Gasteiger partial charge in [-0.15, -0.1) is 10.2 Å². The molecule has 24 heavy (non-hydrogen) atoms. The number of carbonyl (C=O) groups excluding carboxylic acids is 1. The summed E-state index contributed by atoms with van der Waals surface area (Å²) in [6, 6.07) is 8.33. The number of aromatic nitrogens is 3. The minimum Gasteiger partial charge on any atom is -0.343 e. The Morgan fingerprint density at radius 2 is 1.88 bits per heavy atom. The van der Waals surface area contributed by atoms with E-state index in [1.807, 2.05) is 19.9 Å². The summed E-state index contributed by atoms with van der Waals surface area (Å²) in [7, 11) is 0. The quantitative estimate of drug-likeness (QED) is 0.572. The van der Waals surface area contributed by atoms with Gasteiger partial charge >= 0.3 is 0 Å². The van der Waals surface area contributed by atoms with Crippen LogP contribution in [0.5, 0.6) is 0 Å². The number of thioether (sulfide) groups is 2.